The summed E-state index contributed by atoms with van der Waals surface area (Å²) < 4.78 is 4.97. The summed E-state index contributed by atoms with van der Waals surface area (Å²) in [6, 6.07) is -3.85. The SMILES string of the molecule is C[C@H]1NC(=O)[C@@H]2[C@@H](O)CCN2C(=O)[C@H](CCCCCC(=O)[C@@H]2CO2)NC(=O)[C@@H](C)NC1=O. The largest absolute Gasteiger partial charge is 0.390 e. The number of fused-ring (bicyclic) bond motifs is 1. The van der Waals surface area contributed by atoms with E-state index in [4.69, 9.17) is 4.74 Å². The summed E-state index contributed by atoms with van der Waals surface area (Å²) in [6.07, 6.45) is 1.58. The second-order valence-corrected chi connectivity index (χ2v) is 8.74. The maximum Gasteiger partial charge on any atom is 0.246 e. The van der Waals surface area contributed by atoms with Crippen LogP contribution in [0.25, 0.3) is 0 Å². The van der Waals surface area contributed by atoms with Crippen molar-refractivity contribution in [1.29, 1.82) is 0 Å². The third-order valence-electron chi connectivity index (χ3n) is 6.14. The highest BCUT2D eigenvalue weighted by molar-refractivity contribution is 5.97. The second kappa shape index (κ2) is 10.4. The van der Waals surface area contributed by atoms with Gasteiger partial charge in [-0.15, -0.1) is 0 Å². The molecule has 3 rings (SSSR count). The molecule has 11 heteroatoms. The smallest absolute Gasteiger partial charge is 0.246 e. The summed E-state index contributed by atoms with van der Waals surface area (Å²) >= 11 is 0. The molecule has 0 spiro atoms. The van der Waals surface area contributed by atoms with Gasteiger partial charge in [-0.1, -0.05) is 12.8 Å². The third kappa shape index (κ3) is 5.83. The molecule has 0 radical (unpaired) electrons. The Labute approximate surface area is 186 Å². The monoisotopic (exact) mass is 452 g/mol. The van der Waals surface area contributed by atoms with Crippen molar-refractivity contribution in [2.24, 2.45) is 0 Å². The van der Waals surface area contributed by atoms with Crippen molar-refractivity contribution < 1.29 is 33.8 Å². The number of carbonyl (C=O) groups is 5. The highest BCUT2D eigenvalue weighted by Crippen LogP contribution is 2.22. The molecule has 0 saturated carbocycles. The highest BCUT2D eigenvalue weighted by Gasteiger charge is 2.44. The van der Waals surface area contributed by atoms with Crippen molar-refractivity contribution in [2.75, 3.05) is 13.2 Å². The molecule has 3 aliphatic rings. The van der Waals surface area contributed by atoms with Crippen LogP contribution in [0.3, 0.4) is 0 Å². The molecule has 0 aromatic heterocycles. The van der Waals surface area contributed by atoms with Gasteiger partial charge < -0.3 is 30.7 Å². The highest BCUT2D eigenvalue weighted by atomic mass is 16.6. The lowest BCUT2D eigenvalue weighted by molar-refractivity contribution is -0.145. The van der Waals surface area contributed by atoms with Gasteiger partial charge in [-0.3, -0.25) is 24.0 Å². The number of unbranched alkanes of at least 4 members (excludes halogenated alkanes) is 2. The summed E-state index contributed by atoms with van der Waals surface area (Å²) in [5.41, 5.74) is 0. The average Bonchev–Trinajstić information content (AvgIpc) is 3.52. The zero-order chi connectivity index (χ0) is 23.4. The summed E-state index contributed by atoms with van der Waals surface area (Å²) in [5, 5.41) is 18.1. The Balaban J connectivity index is 1.68. The number of nitrogens with one attached hydrogen (secondary N) is 3. The maximum atomic E-state index is 13.3. The summed E-state index contributed by atoms with van der Waals surface area (Å²) in [5.74, 6) is -2.01. The first-order chi connectivity index (χ1) is 15.2. The fourth-order valence-electron chi connectivity index (χ4n) is 4.08. The molecule has 0 aromatic rings. The van der Waals surface area contributed by atoms with Crippen LogP contribution in [0.4, 0.5) is 0 Å². The number of Topliss-reactive ketones (excluding diaryl/α,β-unsaturated/α-hetero) is 1. The number of rotatable bonds is 7. The Morgan fingerprint density at radius 1 is 1.00 bits per heavy atom. The molecule has 4 amide bonds. The molecule has 178 valence electrons. The Hall–Kier alpha value is -2.53. The maximum absolute atomic E-state index is 13.3. The molecular formula is C21H32N4O7. The van der Waals surface area contributed by atoms with Gasteiger partial charge in [-0.05, 0) is 33.1 Å². The van der Waals surface area contributed by atoms with E-state index in [0.717, 1.165) is 0 Å². The van der Waals surface area contributed by atoms with E-state index >= 15 is 0 Å². The van der Waals surface area contributed by atoms with E-state index in [-0.39, 0.29) is 24.9 Å². The van der Waals surface area contributed by atoms with Crippen LogP contribution < -0.4 is 16.0 Å². The molecule has 3 fully saturated rings. The molecule has 6 atom stereocenters. The van der Waals surface area contributed by atoms with Gasteiger partial charge in [0.1, 0.15) is 30.3 Å². The number of carbonyl (C=O) groups excluding carboxylic acids is 5. The lowest BCUT2D eigenvalue weighted by Crippen LogP contribution is -2.61. The molecule has 0 unspecified atom stereocenters. The standard InChI is InChI=1S/C21H32N4O7/c1-11-18(28)22-12(2)19(29)24-13(6-4-3-5-7-14(26)16-10-32-16)21(31)25-9-8-15(27)17(25)20(30)23-11/h11-13,15-17,27H,3-10H2,1-2H3,(H,22,28)(H,23,30)(H,24,29)/t11-,12-,13+,15+,16+,17+/m1/s1. The van der Waals surface area contributed by atoms with Crippen molar-refractivity contribution in [2.45, 2.75) is 88.7 Å². The van der Waals surface area contributed by atoms with Gasteiger partial charge in [-0.25, -0.2) is 0 Å². The lowest BCUT2D eigenvalue weighted by Gasteiger charge is -2.32. The van der Waals surface area contributed by atoms with Crippen molar-refractivity contribution in [3.8, 4) is 0 Å². The molecule has 3 saturated heterocycles. The quantitative estimate of drug-likeness (QED) is 0.267. The number of nitrogens with zero attached hydrogens (tertiary/aromatic N) is 1. The topological polar surface area (TPSA) is 157 Å². The summed E-state index contributed by atoms with van der Waals surface area (Å²) in [7, 11) is 0. The number of ketones is 1. The minimum Gasteiger partial charge on any atom is -0.390 e. The van der Waals surface area contributed by atoms with Crippen LogP contribution in [0.15, 0.2) is 0 Å². The Morgan fingerprint density at radius 2 is 1.62 bits per heavy atom. The van der Waals surface area contributed by atoms with Crippen LogP contribution in [-0.2, 0) is 28.7 Å². The minimum atomic E-state index is -1.12. The molecule has 32 heavy (non-hydrogen) atoms. The number of aliphatic hydroxyl groups excluding tert-OH is 1. The van der Waals surface area contributed by atoms with E-state index in [1.807, 2.05) is 0 Å². The van der Waals surface area contributed by atoms with Crippen LogP contribution in [0.2, 0.25) is 0 Å². The van der Waals surface area contributed by atoms with Gasteiger partial charge in [0, 0.05) is 13.0 Å². The predicted molar refractivity (Wildman–Crippen MR) is 111 cm³/mol. The number of aliphatic hydroxyl groups is 1. The molecule has 3 heterocycles. The molecule has 4 N–H and O–H groups in total. The van der Waals surface area contributed by atoms with Gasteiger partial charge in [0.05, 0.1) is 12.7 Å². The molecular weight excluding hydrogens is 420 g/mol. The summed E-state index contributed by atoms with van der Waals surface area (Å²) in [4.78, 5) is 63.9. The number of hydrogen-bond acceptors (Lipinski definition) is 7. The van der Waals surface area contributed by atoms with Crippen molar-refractivity contribution in [3.63, 3.8) is 0 Å². The minimum absolute atomic E-state index is 0.0825. The van der Waals surface area contributed by atoms with Crippen molar-refractivity contribution in [1.82, 2.24) is 20.9 Å². The van der Waals surface area contributed by atoms with Crippen molar-refractivity contribution >= 4 is 29.4 Å². The number of epoxide rings is 1. The zero-order valence-corrected chi connectivity index (χ0v) is 18.5. The Bertz CT molecular complexity index is 769. The van der Waals surface area contributed by atoms with Crippen LogP contribution in [0.5, 0.6) is 0 Å². The van der Waals surface area contributed by atoms with E-state index < -0.39 is 53.9 Å². The van der Waals surface area contributed by atoms with Crippen molar-refractivity contribution in [3.05, 3.63) is 0 Å². The molecule has 3 aliphatic heterocycles. The molecule has 11 nitrogen and oxygen atoms in total. The number of hydrogen-bond donors (Lipinski definition) is 4. The van der Waals surface area contributed by atoms with Gasteiger partial charge >= 0.3 is 0 Å². The molecule has 0 aromatic carbocycles. The number of ether oxygens (including phenoxy) is 1. The van der Waals surface area contributed by atoms with Gasteiger partial charge in [-0.2, -0.15) is 0 Å². The van der Waals surface area contributed by atoms with E-state index in [2.05, 4.69) is 16.0 Å². The van der Waals surface area contributed by atoms with E-state index in [1.165, 1.54) is 18.7 Å². The predicted octanol–water partition coefficient (Wildman–Crippen LogP) is -1.63. The normalized spacial score (nSPS) is 33.4. The Morgan fingerprint density at radius 3 is 2.28 bits per heavy atom. The molecule has 0 bridgehead atoms. The van der Waals surface area contributed by atoms with E-state index in [9.17, 15) is 29.1 Å². The zero-order valence-electron chi connectivity index (χ0n) is 18.5. The lowest BCUT2D eigenvalue weighted by atomic mass is 10.0. The van der Waals surface area contributed by atoms with Gasteiger partial charge in [0.2, 0.25) is 23.6 Å². The first-order valence-electron chi connectivity index (χ1n) is 11.2. The van der Waals surface area contributed by atoms with E-state index in [0.29, 0.717) is 38.7 Å². The Kier molecular flexibility index (Phi) is 7.83. The summed E-state index contributed by atoms with van der Waals surface area (Å²) in [6.45, 7) is 3.64. The second-order valence-electron chi connectivity index (χ2n) is 8.74. The first kappa shape index (κ1) is 24.1. The van der Waals surface area contributed by atoms with Crippen LogP contribution in [0, 0.1) is 0 Å². The fourth-order valence-corrected chi connectivity index (χ4v) is 4.08. The third-order valence-corrected chi connectivity index (χ3v) is 6.14. The van der Waals surface area contributed by atoms with Crippen LogP contribution in [-0.4, -0.2) is 88.9 Å². The van der Waals surface area contributed by atoms with Crippen LogP contribution >= 0.6 is 0 Å². The van der Waals surface area contributed by atoms with Gasteiger partial charge in [0.25, 0.3) is 0 Å². The fraction of sp³-hybridized carbons (Fsp3) is 0.762. The molecule has 0 aliphatic carbocycles. The van der Waals surface area contributed by atoms with E-state index in [1.54, 1.807) is 0 Å². The van der Waals surface area contributed by atoms with Crippen LogP contribution in [0.1, 0.15) is 52.4 Å². The first-order valence-corrected chi connectivity index (χ1v) is 11.2. The average molecular weight is 453 g/mol. The number of amides is 4. The van der Waals surface area contributed by atoms with Gasteiger partial charge in [0.15, 0.2) is 5.78 Å².